The summed E-state index contributed by atoms with van der Waals surface area (Å²) >= 11 is 0. The first-order valence-electron chi connectivity index (χ1n) is 11.4. The maximum Gasteiger partial charge on any atom is 0.178 e. The van der Waals surface area contributed by atoms with Crippen molar-refractivity contribution < 1.29 is 13.2 Å². The second-order valence-electron chi connectivity index (χ2n) is 8.79. The molecule has 0 saturated carbocycles. The Morgan fingerprint density at radius 3 is 2.32 bits per heavy atom. The quantitative estimate of drug-likeness (QED) is 0.369. The topological polar surface area (TPSA) is 46.6 Å². The zero-order chi connectivity index (χ0) is 21.7. The van der Waals surface area contributed by atoms with E-state index < -0.39 is 9.84 Å². The molecule has 0 unspecified atom stereocenters. The number of ether oxygens (including phenoxy) is 1. The van der Waals surface area contributed by atoms with Crippen molar-refractivity contribution in [2.24, 2.45) is 0 Å². The molecular weight excluding hydrogens is 406 g/mol. The Labute approximate surface area is 186 Å². The largest absolute Gasteiger partial charge is 0.377 e. The van der Waals surface area contributed by atoms with Crippen LogP contribution >= 0.6 is 0 Å². The molecule has 2 aromatic rings. The first kappa shape index (κ1) is 22.3. The van der Waals surface area contributed by atoms with Crippen molar-refractivity contribution in [3.63, 3.8) is 0 Å². The van der Waals surface area contributed by atoms with Gasteiger partial charge in [-0.1, -0.05) is 42.5 Å². The van der Waals surface area contributed by atoms with Crippen molar-refractivity contribution in [1.29, 1.82) is 0 Å². The van der Waals surface area contributed by atoms with Crippen LogP contribution in [0.2, 0.25) is 0 Å². The molecule has 0 aromatic heterocycles. The average molecular weight is 440 g/mol. The molecule has 5 heteroatoms. The highest BCUT2D eigenvalue weighted by Crippen LogP contribution is 2.24. The predicted octanol–water partition coefficient (Wildman–Crippen LogP) is 4.89. The van der Waals surface area contributed by atoms with Crippen LogP contribution in [0.5, 0.6) is 0 Å². The van der Waals surface area contributed by atoms with Crippen LogP contribution in [0.4, 0.5) is 0 Å². The molecular formula is C26H33NO3S. The van der Waals surface area contributed by atoms with E-state index in [9.17, 15) is 8.42 Å². The van der Waals surface area contributed by atoms with Gasteiger partial charge in [0.15, 0.2) is 9.84 Å². The molecule has 1 saturated heterocycles. The van der Waals surface area contributed by atoms with Gasteiger partial charge >= 0.3 is 0 Å². The Balaban J connectivity index is 1.29. The summed E-state index contributed by atoms with van der Waals surface area (Å²) in [5, 5.41) is 0. The number of hydrogen-bond donors (Lipinski definition) is 0. The number of hydrogen-bond acceptors (Lipinski definition) is 4. The number of benzene rings is 2. The maximum absolute atomic E-state index is 12.6. The summed E-state index contributed by atoms with van der Waals surface area (Å²) in [6.07, 6.45) is 7.40. The Morgan fingerprint density at radius 2 is 1.71 bits per heavy atom. The Hall–Kier alpha value is -1.95. The van der Waals surface area contributed by atoms with Crippen LogP contribution in [0, 0.1) is 0 Å². The normalized spacial score (nSPS) is 18.9. The zero-order valence-corrected chi connectivity index (χ0v) is 19.2. The molecule has 1 aliphatic carbocycles. The molecule has 1 heterocycles. The van der Waals surface area contributed by atoms with E-state index in [0.717, 1.165) is 30.5 Å². The molecule has 1 atom stereocenters. The average Bonchev–Trinajstić information content (AvgIpc) is 3.52. The fraction of sp³-hybridized carbons (Fsp3) is 0.462. The monoisotopic (exact) mass is 439 g/mol. The Morgan fingerprint density at radius 1 is 1.03 bits per heavy atom. The van der Waals surface area contributed by atoms with Gasteiger partial charge < -0.3 is 9.64 Å². The fourth-order valence-electron chi connectivity index (χ4n) is 4.18. The third kappa shape index (κ3) is 6.28. The Kier molecular flexibility index (Phi) is 7.26. The van der Waals surface area contributed by atoms with Gasteiger partial charge in [0.2, 0.25) is 0 Å². The number of likely N-dealkylation sites (tertiary alicyclic amines) is 1. The lowest BCUT2D eigenvalue weighted by Crippen LogP contribution is -2.28. The molecule has 0 N–H and O–H groups in total. The minimum atomic E-state index is -3.27. The number of nitrogens with zero attached hydrogens (tertiary/aromatic N) is 1. The van der Waals surface area contributed by atoms with Crippen LogP contribution in [-0.2, 0) is 21.0 Å². The summed E-state index contributed by atoms with van der Waals surface area (Å²) in [7, 11) is -3.27. The van der Waals surface area contributed by atoms with Crippen molar-refractivity contribution in [2.75, 3.05) is 32.1 Å². The molecule has 166 valence electrons. The van der Waals surface area contributed by atoms with Crippen LogP contribution in [0.1, 0.15) is 38.2 Å². The van der Waals surface area contributed by atoms with Crippen molar-refractivity contribution in [3.8, 4) is 11.1 Å². The number of allylic oxidation sites excluding steroid dienone is 1. The summed E-state index contributed by atoms with van der Waals surface area (Å²) < 4.78 is 30.6. The third-order valence-corrected chi connectivity index (χ3v) is 8.18. The molecule has 0 amide bonds. The molecule has 0 spiro atoms. The van der Waals surface area contributed by atoms with Crippen molar-refractivity contribution in [2.45, 2.75) is 50.0 Å². The van der Waals surface area contributed by atoms with Crippen LogP contribution in [0.25, 0.3) is 11.1 Å². The first-order valence-corrected chi connectivity index (χ1v) is 13.1. The third-order valence-electron chi connectivity index (χ3n) is 6.36. The fourth-order valence-corrected chi connectivity index (χ4v) is 5.46. The lowest BCUT2D eigenvalue weighted by atomic mass is 10.0. The predicted molar refractivity (Wildman–Crippen MR) is 126 cm³/mol. The van der Waals surface area contributed by atoms with Gasteiger partial charge in [0, 0.05) is 19.2 Å². The van der Waals surface area contributed by atoms with Gasteiger partial charge in [-0.25, -0.2) is 8.42 Å². The molecule has 0 radical (unpaired) electrons. The highest BCUT2D eigenvalue weighted by Gasteiger charge is 2.19. The Bertz CT molecular complexity index is 994. The highest BCUT2D eigenvalue weighted by atomic mass is 32.2. The van der Waals surface area contributed by atoms with Gasteiger partial charge in [-0.05, 0) is 80.0 Å². The van der Waals surface area contributed by atoms with Crippen molar-refractivity contribution in [1.82, 2.24) is 4.90 Å². The molecule has 2 aliphatic rings. The smallest absolute Gasteiger partial charge is 0.178 e. The minimum absolute atomic E-state index is 0.121. The highest BCUT2D eigenvalue weighted by molar-refractivity contribution is 7.91. The van der Waals surface area contributed by atoms with E-state index in [2.05, 4.69) is 42.2 Å². The van der Waals surface area contributed by atoms with Crippen LogP contribution in [-0.4, -0.2) is 51.4 Å². The maximum atomic E-state index is 12.6. The molecule has 1 aliphatic heterocycles. The van der Waals surface area contributed by atoms with E-state index in [1.54, 1.807) is 12.1 Å². The van der Waals surface area contributed by atoms with E-state index in [0.29, 0.717) is 30.6 Å². The van der Waals surface area contributed by atoms with Gasteiger partial charge in [0.25, 0.3) is 0 Å². The summed E-state index contributed by atoms with van der Waals surface area (Å²) in [6, 6.07) is 16.6. The lowest BCUT2D eigenvalue weighted by Gasteiger charge is -2.20. The molecule has 0 bridgehead atoms. The van der Waals surface area contributed by atoms with E-state index in [4.69, 9.17) is 4.74 Å². The first-order chi connectivity index (χ1) is 15.0. The molecule has 2 aromatic carbocycles. The van der Waals surface area contributed by atoms with E-state index >= 15 is 0 Å². The summed E-state index contributed by atoms with van der Waals surface area (Å²) in [4.78, 5) is 2.96. The molecule has 1 fully saturated rings. The molecule has 31 heavy (non-hydrogen) atoms. The number of rotatable bonds is 11. The molecule has 4 nitrogen and oxygen atoms in total. The summed E-state index contributed by atoms with van der Waals surface area (Å²) in [5.41, 5.74) is 4.82. The van der Waals surface area contributed by atoms with E-state index in [1.807, 2.05) is 12.1 Å². The lowest BCUT2D eigenvalue weighted by molar-refractivity contribution is 0.159. The number of sulfone groups is 1. The van der Waals surface area contributed by atoms with Gasteiger partial charge in [-0.2, -0.15) is 0 Å². The van der Waals surface area contributed by atoms with Crippen LogP contribution < -0.4 is 0 Å². The summed E-state index contributed by atoms with van der Waals surface area (Å²) in [6.45, 7) is 5.79. The van der Waals surface area contributed by atoms with E-state index in [-0.39, 0.29) is 5.75 Å². The van der Waals surface area contributed by atoms with Gasteiger partial charge in [0.1, 0.15) is 0 Å². The van der Waals surface area contributed by atoms with Gasteiger partial charge in [-0.15, -0.1) is 0 Å². The second kappa shape index (κ2) is 10.1. The van der Waals surface area contributed by atoms with Gasteiger partial charge in [-0.3, -0.25) is 0 Å². The molecule has 4 rings (SSSR count). The van der Waals surface area contributed by atoms with Gasteiger partial charge in [0.05, 0.1) is 17.3 Å². The van der Waals surface area contributed by atoms with Crippen LogP contribution in [0.3, 0.4) is 0 Å². The second-order valence-corrected chi connectivity index (χ2v) is 10.9. The van der Waals surface area contributed by atoms with Crippen LogP contribution in [0.15, 0.2) is 65.1 Å². The van der Waals surface area contributed by atoms with E-state index in [1.165, 1.54) is 30.5 Å². The zero-order valence-electron chi connectivity index (χ0n) is 18.4. The van der Waals surface area contributed by atoms with Crippen molar-refractivity contribution >= 4 is 9.84 Å². The standard InChI is InChI=1S/C26H33NO3S/c1-21-4-2-16-27(21)17-15-22-7-9-24(10-8-22)25-11-13-26(14-12-25)31(28,29)19-3-18-30-20-23-5-6-23/h5,7-14,21H,2-4,6,15-20H2,1H3/t21-/m1/s1. The van der Waals surface area contributed by atoms with Crippen molar-refractivity contribution in [3.05, 3.63) is 65.7 Å². The SMILES string of the molecule is C[C@@H]1CCCN1CCc1ccc(-c2ccc(S(=O)(=O)CCCOCC3=CC3)cc2)cc1. The minimum Gasteiger partial charge on any atom is -0.377 e. The summed E-state index contributed by atoms with van der Waals surface area (Å²) in [5.74, 6) is 0.121.